The summed E-state index contributed by atoms with van der Waals surface area (Å²) in [6.45, 7) is 1.48. The second kappa shape index (κ2) is 10.5. The number of carbonyl (C=O) groups is 3. The van der Waals surface area contributed by atoms with Crippen molar-refractivity contribution in [3.63, 3.8) is 0 Å². The number of ketones is 1. The molecule has 12 heteroatoms. The Morgan fingerprint density at radius 1 is 1.09 bits per heavy atom. The number of hydrogen-bond donors (Lipinski definition) is 1. The summed E-state index contributed by atoms with van der Waals surface area (Å²) < 4.78 is 21.6. The number of benzene rings is 2. The van der Waals surface area contributed by atoms with E-state index in [-0.39, 0.29) is 24.0 Å². The van der Waals surface area contributed by atoms with Crippen molar-refractivity contribution in [2.24, 2.45) is 0 Å². The van der Waals surface area contributed by atoms with Crippen molar-refractivity contribution >= 4 is 46.4 Å². The Morgan fingerprint density at radius 2 is 1.88 bits per heavy atom. The number of nitrogens with one attached hydrogen (secondary N) is 1. The van der Waals surface area contributed by atoms with Crippen LogP contribution in [0.3, 0.4) is 0 Å². The minimum absolute atomic E-state index is 0.0960. The molecule has 2 heterocycles. The molecule has 0 atom stereocenters. The Labute approximate surface area is 202 Å². The summed E-state index contributed by atoms with van der Waals surface area (Å²) in [7, 11) is 1.45. The van der Waals surface area contributed by atoms with Gasteiger partial charge in [-0.2, -0.15) is 0 Å². The van der Waals surface area contributed by atoms with Crippen LogP contribution in [0, 0.1) is 6.92 Å². The first kappa shape index (κ1) is 23.5. The summed E-state index contributed by atoms with van der Waals surface area (Å²) in [6.07, 6.45) is 0. The molecular formula is C22H19N3O7S2. The van der Waals surface area contributed by atoms with Crippen molar-refractivity contribution in [3.05, 3.63) is 52.5 Å². The molecule has 0 radical (unpaired) electrons. The quantitative estimate of drug-likeness (QED) is 0.265. The highest BCUT2D eigenvalue weighted by atomic mass is 32.2. The van der Waals surface area contributed by atoms with Gasteiger partial charge in [-0.3, -0.25) is 9.59 Å². The molecule has 1 aliphatic heterocycles. The van der Waals surface area contributed by atoms with Gasteiger partial charge in [-0.15, -0.1) is 10.2 Å². The molecule has 4 rings (SSSR count). The van der Waals surface area contributed by atoms with E-state index in [1.165, 1.54) is 48.4 Å². The number of aryl methyl sites for hydroxylation is 1. The number of carbonyl (C=O) groups excluding carboxylic acids is 3. The van der Waals surface area contributed by atoms with Gasteiger partial charge in [0, 0.05) is 5.56 Å². The predicted molar refractivity (Wildman–Crippen MR) is 124 cm³/mol. The number of ether oxygens (including phenoxy) is 4. The zero-order chi connectivity index (χ0) is 24.1. The molecule has 1 aromatic heterocycles. The second-order valence-electron chi connectivity index (χ2n) is 6.91. The van der Waals surface area contributed by atoms with E-state index >= 15 is 0 Å². The van der Waals surface area contributed by atoms with E-state index in [1.807, 2.05) is 6.92 Å². The number of rotatable bonds is 9. The minimum atomic E-state index is -0.717. The molecule has 0 unspecified atom stereocenters. The van der Waals surface area contributed by atoms with Crippen LogP contribution in [0.15, 0.2) is 40.7 Å². The third-order valence-electron chi connectivity index (χ3n) is 4.57. The number of thioether (sulfide) groups is 1. The maximum atomic E-state index is 12.5. The third-order valence-corrected chi connectivity index (χ3v) is 6.54. The highest BCUT2D eigenvalue weighted by Gasteiger charge is 2.19. The molecule has 2 aromatic carbocycles. The number of anilines is 1. The van der Waals surface area contributed by atoms with Gasteiger partial charge in [0.2, 0.25) is 12.7 Å². The Bertz CT molecular complexity index is 1240. The van der Waals surface area contributed by atoms with E-state index in [9.17, 15) is 14.4 Å². The number of Topliss-reactive ketones (excluding diaryl/α,β-unsaturated/α-hetero) is 1. The molecule has 1 aliphatic rings. The Balaban J connectivity index is 1.36. The van der Waals surface area contributed by atoms with E-state index < -0.39 is 18.4 Å². The van der Waals surface area contributed by atoms with Crippen LogP contribution in [0.1, 0.15) is 25.7 Å². The lowest BCUT2D eigenvalue weighted by Crippen LogP contribution is -2.17. The molecule has 34 heavy (non-hydrogen) atoms. The van der Waals surface area contributed by atoms with Gasteiger partial charge in [0.05, 0.1) is 24.1 Å². The lowest BCUT2D eigenvalue weighted by molar-refractivity contribution is -0.113. The number of nitrogens with zero attached hydrogens (tertiary/aromatic N) is 2. The van der Waals surface area contributed by atoms with Gasteiger partial charge >= 0.3 is 5.97 Å². The minimum Gasteiger partial charge on any atom is -0.495 e. The molecule has 1 amide bonds. The van der Waals surface area contributed by atoms with E-state index in [1.54, 1.807) is 18.2 Å². The lowest BCUT2D eigenvalue weighted by atomic mass is 10.1. The molecule has 3 aromatic rings. The molecule has 0 saturated heterocycles. The predicted octanol–water partition coefficient (Wildman–Crippen LogP) is 3.35. The fourth-order valence-corrected chi connectivity index (χ4v) is 4.57. The van der Waals surface area contributed by atoms with Crippen LogP contribution in [0.2, 0.25) is 0 Å². The van der Waals surface area contributed by atoms with Crippen molar-refractivity contribution in [2.45, 2.75) is 11.3 Å². The average molecular weight is 502 g/mol. The molecule has 0 fully saturated rings. The van der Waals surface area contributed by atoms with Crippen LogP contribution in [0.5, 0.6) is 17.2 Å². The van der Waals surface area contributed by atoms with Crippen LogP contribution in [-0.4, -0.2) is 54.1 Å². The zero-order valence-electron chi connectivity index (χ0n) is 18.2. The summed E-state index contributed by atoms with van der Waals surface area (Å²) in [4.78, 5) is 37.3. The Kier molecular flexibility index (Phi) is 7.28. The van der Waals surface area contributed by atoms with Gasteiger partial charge in [-0.1, -0.05) is 23.1 Å². The van der Waals surface area contributed by atoms with Crippen molar-refractivity contribution in [3.8, 4) is 17.2 Å². The fraction of sp³-hybridized carbons (Fsp3) is 0.227. The average Bonchev–Trinajstić information content (AvgIpc) is 3.49. The topological polar surface area (TPSA) is 126 Å². The van der Waals surface area contributed by atoms with Gasteiger partial charge in [0.15, 0.2) is 28.2 Å². The van der Waals surface area contributed by atoms with E-state index in [0.717, 1.165) is 5.01 Å². The largest absolute Gasteiger partial charge is 0.495 e. The molecule has 0 saturated carbocycles. The van der Waals surface area contributed by atoms with Crippen molar-refractivity contribution in [1.29, 1.82) is 0 Å². The molecule has 10 nitrogen and oxygen atoms in total. The number of methoxy groups -OCH3 is 1. The highest BCUT2D eigenvalue weighted by Crippen LogP contribution is 2.32. The lowest BCUT2D eigenvalue weighted by Gasteiger charge is -2.12. The molecule has 0 bridgehead atoms. The van der Waals surface area contributed by atoms with Gasteiger partial charge in [-0.25, -0.2) is 4.79 Å². The number of fused-ring (bicyclic) bond motifs is 1. The molecule has 0 aliphatic carbocycles. The normalized spacial score (nSPS) is 11.7. The first-order chi connectivity index (χ1) is 16.4. The first-order valence-corrected chi connectivity index (χ1v) is 11.7. The zero-order valence-corrected chi connectivity index (χ0v) is 19.8. The molecule has 176 valence electrons. The molecular weight excluding hydrogens is 482 g/mol. The SMILES string of the molecule is COc1ccc(C(=O)OCC(=O)c2ccc3c(c2)OCO3)cc1NC(=O)CSc1nnc(C)s1. The van der Waals surface area contributed by atoms with Crippen LogP contribution in [-0.2, 0) is 9.53 Å². The summed E-state index contributed by atoms with van der Waals surface area (Å²) in [5, 5.41) is 11.4. The van der Waals surface area contributed by atoms with Crippen LogP contribution in [0.4, 0.5) is 5.69 Å². The molecule has 0 spiro atoms. The second-order valence-corrected chi connectivity index (χ2v) is 9.31. The summed E-state index contributed by atoms with van der Waals surface area (Å²) in [5.41, 5.74) is 0.794. The first-order valence-electron chi connectivity index (χ1n) is 9.93. The van der Waals surface area contributed by atoms with E-state index in [2.05, 4.69) is 15.5 Å². The van der Waals surface area contributed by atoms with Crippen LogP contribution < -0.4 is 19.5 Å². The summed E-state index contributed by atoms with van der Waals surface area (Å²) in [5.74, 6) is 0.0860. The number of amides is 1. The number of aromatic nitrogens is 2. The van der Waals surface area contributed by atoms with E-state index in [0.29, 0.717) is 32.8 Å². The Hall–Kier alpha value is -3.64. The van der Waals surface area contributed by atoms with Gasteiger partial charge in [0.25, 0.3) is 0 Å². The van der Waals surface area contributed by atoms with Crippen molar-refractivity contribution in [1.82, 2.24) is 10.2 Å². The van der Waals surface area contributed by atoms with Crippen molar-refractivity contribution < 1.29 is 33.3 Å². The Morgan fingerprint density at radius 3 is 2.65 bits per heavy atom. The van der Waals surface area contributed by atoms with E-state index in [4.69, 9.17) is 18.9 Å². The van der Waals surface area contributed by atoms with Crippen LogP contribution >= 0.6 is 23.1 Å². The van der Waals surface area contributed by atoms with Crippen LogP contribution in [0.25, 0.3) is 0 Å². The van der Waals surface area contributed by atoms with Gasteiger partial charge in [0.1, 0.15) is 10.8 Å². The maximum absolute atomic E-state index is 12.5. The standard InChI is InChI=1S/C22H19N3O7S2/c1-12-24-25-22(34-12)33-10-20(27)23-15-7-14(4-5-17(15)29-2)21(28)30-9-16(26)13-3-6-18-19(8-13)32-11-31-18/h3-8H,9-11H2,1-2H3,(H,23,27). The van der Waals surface area contributed by atoms with Crippen molar-refractivity contribution in [2.75, 3.05) is 31.6 Å². The smallest absolute Gasteiger partial charge is 0.338 e. The highest BCUT2D eigenvalue weighted by molar-refractivity contribution is 8.01. The summed E-state index contributed by atoms with van der Waals surface area (Å²) in [6, 6.07) is 9.20. The number of hydrogen-bond acceptors (Lipinski definition) is 11. The van der Waals surface area contributed by atoms with Gasteiger partial charge in [-0.05, 0) is 43.3 Å². The summed E-state index contributed by atoms with van der Waals surface area (Å²) >= 11 is 2.65. The van der Waals surface area contributed by atoms with Gasteiger partial charge < -0.3 is 24.3 Å². The monoisotopic (exact) mass is 501 g/mol. The number of esters is 1. The maximum Gasteiger partial charge on any atom is 0.338 e. The molecule has 1 N–H and O–H groups in total. The fourth-order valence-electron chi connectivity index (χ4n) is 2.95. The third kappa shape index (κ3) is 5.64.